The van der Waals surface area contributed by atoms with E-state index >= 15 is 0 Å². The molecule has 2 N–H and O–H groups in total. The highest BCUT2D eigenvalue weighted by atomic mass is 32.2. The Morgan fingerprint density at radius 3 is 3.08 bits per heavy atom. The molecule has 0 radical (unpaired) electrons. The van der Waals surface area contributed by atoms with Gasteiger partial charge in [-0.2, -0.15) is 0 Å². The second kappa shape index (κ2) is 8.11. The minimum absolute atomic E-state index is 0.125. The highest BCUT2D eigenvalue weighted by molar-refractivity contribution is 7.99. The molecule has 2 aromatic rings. The molecule has 1 aromatic heterocycles. The molecule has 25 heavy (non-hydrogen) atoms. The molecule has 0 unspecified atom stereocenters. The monoisotopic (exact) mass is 364 g/mol. The van der Waals surface area contributed by atoms with Gasteiger partial charge in [0, 0.05) is 13.1 Å². The van der Waals surface area contributed by atoms with Gasteiger partial charge in [-0.15, -0.1) is 5.10 Å². The van der Waals surface area contributed by atoms with Crippen LogP contribution in [-0.4, -0.2) is 33.2 Å². The first-order valence-electron chi connectivity index (χ1n) is 8.10. The lowest BCUT2D eigenvalue weighted by atomic mass is 10.2. The molecule has 1 aromatic carbocycles. The lowest BCUT2D eigenvalue weighted by molar-refractivity contribution is -0.118. The Morgan fingerprint density at radius 1 is 1.40 bits per heavy atom. The first kappa shape index (κ1) is 17.4. The normalized spacial score (nSPS) is 12.4. The van der Waals surface area contributed by atoms with Crippen LogP contribution in [0.15, 0.2) is 28.2 Å². The van der Waals surface area contributed by atoms with Crippen LogP contribution in [-0.2, 0) is 17.9 Å². The third-order valence-corrected chi connectivity index (χ3v) is 4.69. The van der Waals surface area contributed by atoms with Gasteiger partial charge in [-0.1, -0.05) is 31.2 Å². The zero-order valence-electron chi connectivity index (χ0n) is 13.9. The van der Waals surface area contributed by atoms with Crippen molar-refractivity contribution >= 4 is 17.7 Å². The first-order valence-corrected chi connectivity index (χ1v) is 9.09. The van der Waals surface area contributed by atoms with Crippen molar-refractivity contribution < 1.29 is 14.3 Å². The smallest absolute Gasteiger partial charge is 0.343 e. The Hall–Kier alpha value is -2.42. The van der Waals surface area contributed by atoms with Crippen molar-refractivity contribution in [2.75, 3.05) is 12.5 Å². The van der Waals surface area contributed by atoms with Gasteiger partial charge >= 0.3 is 5.69 Å². The second-order valence-electron chi connectivity index (χ2n) is 5.57. The molecule has 1 aliphatic rings. The molecule has 0 atom stereocenters. The number of amides is 1. The van der Waals surface area contributed by atoms with Crippen molar-refractivity contribution in [1.82, 2.24) is 20.1 Å². The lowest BCUT2D eigenvalue weighted by Gasteiger charge is -2.07. The van der Waals surface area contributed by atoms with Crippen LogP contribution in [0, 0.1) is 0 Å². The number of benzene rings is 1. The fraction of sp³-hybridized carbons (Fsp3) is 0.438. The summed E-state index contributed by atoms with van der Waals surface area (Å²) in [4.78, 5) is 23.7. The zero-order valence-corrected chi connectivity index (χ0v) is 14.7. The summed E-state index contributed by atoms with van der Waals surface area (Å²) in [6.45, 7) is 3.29. The van der Waals surface area contributed by atoms with Crippen LogP contribution in [0.4, 0.5) is 0 Å². The highest BCUT2D eigenvalue weighted by Crippen LogP contribution is 2.32. The molecule has 9 heteroatoms. The number of ether oxygens (including phenoxy) is 2. The van der Waals surface area contributed by atoms with Crippen molar-refractivity contribution in [3.05, 3.63) is 34.2 Å². The summed E-state index contributed by atoms with van der Waals surface area (Å²) in [5.41, 5.74) is 0.693. The van der Waals surface area contributed by atoms with Crippen LogP contribution in [0.1, 0.15) is 25.3 Å². The predicted molar refractivity (Wildman–Crippen MR) is 92.9 cm³/mol. The maximum atomic E-state index is 12.0. The number of rotatable bonds is 8. The van der Waals surface area contributed by atoms with E-state index in [0.717, 1.165) is 18.4 Å². The number of nitrogens with one attached hydrogen (secondary N) is 2. The fourth-order valence-corrected chi connectivity index (χ4v) is 3.16. The van der Waals surface area contributed by atoms with E-state index in [1.54, 1.807) is 4.57 Å². The highest BCUT2D eigenvalue weighted by Gasteiger charge is 2.14. The fourth-order valence-electron chi connectivity index (χ4n) is 2.36. The van der Waals surface area contributed by atoms with Crippen LogP contribution in [0.5, 0.6) is 11.5 Å². The first-order chi connectivity index (χ1) is 12.2. The Morgan fingerprint density at radius 2 is 2.24 bits per heavy atom. The Bertz CT molecular complexity index is 802. The molecule has 0 spiro atoms. The summed E-state index contributed by atoms with van der Waals surface area (Å²) < 4.78 is 12.1. The topological polar surface area (TPSA) is 98.2 Å². The third kappa shape index (κ3) is 4.36. The van der Waals surface area contributed by atoms with Crippen LogP contribution in [0.25, 0.3) is 0 Å². The van der Waals surface area contributed by atoms with Crippen molar-refractivity contribution in [2.45, 2.75) is 38.0 Å². The van der Waals surface area contributed by atoms with Gasteiger partial charge in [0.25, 0.3) is 0 Å². The molecule has 0 fully saturated rings. The molecule has 8 nitrogen and oxygen atoms in total. The molecule has 3 rings (SSSR count). The van der Waals surface area contributed by atoms with E-state index in [0.29, 0.717) is 29.7 Å². The summed E-state index contributed by atoms with van der Waals surface area (Å²) in [5, 5.41) is 9.79. The van der Waals surface area contributed by atoms with Gasteiger partial charge in [0.2, 0.25) is 12.7 Å². The molecule has 0 bridgehead atoms. The van der Waals surface area contributed by atoms with Crippen molar-refractivity contribution in [1.29, 1.82) is 0 Å². The lowest BCUT2D eigenvalue weighted by Crippen LogP contribution is -2.25. The maximum absolute atomic E-state index is 12.0. The summed E-state index contributed by atoms with van der Waals surface area (Å²) in [5.74, 6) is 1.48. The van der Waals surface area contributed by atoms with Gasteiger partial charge in [-0.05, 0) is 24.1 Å². The zero-order chi connectivity index (χ0) is 17.6. The summed E-state index contributed by atoms with van der Waals surface area (Å²) in [7, 11) is 0. The van der Waals surface area contributed by atoms with Crippen LogP contribution in [0.3, 0.4) is 0 Å². The van der Waals surface area contributed by atoms with Crippen molar-refractivity contribution in [2.24, 2.45) is 0 Å². The number of carbonyl (C=O) groups excluding carboxylic acids is 1. The van der Waals surface area contributed by atoms with E-state index in [2.05, 4.69) is 22.4 Å². The van der Waals surface area contributed by atoms with E-state index in [9.17, 15) is 9.59 Å². The average molecular weight is 364 g/mol. The van der Waals surface area contributed by atoms with Gasteiger partial charge in [-0.3, -0.25) is 9.36 Å². The van der Waals surface area contributed by atoms with E-state index in [1.165, 1.54) is 11.8 Å². The van der Waals surface area contributed by atoms with E-state index < -0.39 is 0 Å². The number of H-pyrrole nitrogens is 1. The van der Waals surface area contributed by atoms with Gasteiger partial charge in [0.1, 0.15) is 0 Å². The standard InChI is InChI=1S/C16H20N4O4S/c1-2-3-6-20-15(22)18-19-16(20)25-9-14(21)17-8-11-4-5-12-13(7-11)24-10-23-12/h4-5,7H,2-3,6,8-10H2,1H3,(H,17,21)(H,18,22). The molecule has 2 heterocycles. The van der Waals surface area contributed by atoms with E-state index in [-0.39, 0.29) is 24.1 Å². The molecule has 0 saturated carbocycles. The molecule has 0 aliphatic carbocycles. The summed E-state index contributed by atoms with van der Waals surface area (Å²) in [6.07, 6.45) is 1.88. The Labute approximate surface area is 148 Å². The quantitative estimate of drug-likeness (QED) is 0.689. The number of hydrogen-bond donors (Lipinski definition) is 2. The molecular formula is C16H20N4O4S. The number of nitrogens with zero attached hydrogens (tertiary/aromatic N) is 2. The minimum atomic E-state index is -0.239. The Balaban J connectivity index is 1.49. The van der Waals surface area contributed by atoms with Crippen LogP contribution >= 0.6 is 11.8 Å². The van der Waals surface area contributed by atoms with Crippen molar-refractivity contribution in [3.8, 4) is 11.5 Å². The largest absolute Gasteiger partial charge is 0.454 e. The van der Waals surface area contributed by atoms with Gasteiger partial charge in [0.05, 0.1) is 5.75 Å². The van der Waals surface area contributed by atoms with Crippen LogP contribution in [0.2, 0.25) is 0 Å². The number of aromatic amines is 1. The molecular weight excluding hydrogens is 344 g/mol. The molecule has 134 valence electrons. The van der Waals surface area contributed by atoms with Gasteiger partial charge in [-0.25, -0.2) is 9.89 Å². The molecule has 0 saturated heterocycles. The van der Waals surface area contributed by atoms with E-state index in [4.69, 9.17) is 9.47 Å². The Kier molecular flexibility index (Phi) is 5.64. The molecule has 1 amide bonds. The second-order valence-corrected chi connectivity index (χ2v) is 6.51. The average Bonchev–Trinajstić information content (AvgIpc) is 3.22. The number of hydrogen-bond acceptors (Lipinski definition) is 6. The predicted octanol–water partition coefficient (Wildman–Crippen LogP) is 1.51. The number of thioether (sulfide) groups is 1. The van der Waals surface area contributed by atoms with Crippen molar-refractivity contribution in [3.63, 3.8) is 0 Å². The van der Waals surface area contributed by atoms with Crippen LogP contribution < -0.4 is 20.5 Å². The third-order valence-electron chi connectivity index (χ3n) is 3.72. The number of carbonyl (C=O) groups is 1. The minimum Gasteiger partial charge on any atom is -0.454 e. The van der Waals surface area contributed by atoms with Gasteiger partial charge < -0.3 is 14.8 Å². The SMILES string of the molecule is CCCCn1c(SCC(=O)NCc2ccc3c(c2)OCO3)n[nH]c1=O. The summed E-state index contributed by atoms with van der Waals surface area (Å²) in [6, 6.07) is 5.57. The number of aromatic nitrogens is 3. The van der Waals surface area contributed by atoms with E-state index in [1.807, 2.05) is 18.2 Å². The van der Waals surface area contributed by atoms with Gasteiger partial charge in [0.15, 0.2) is 16.7 Å². The number of unbranched alkanes of at least 4 members (excludes halogenated alkanes) is 1. The summed E-state index contributed by atoms with van der Waals surface area (Å²) >= 11 is 1.25. The number of fused-ring (bicyclic) bond motifs is 1. The maximum Gasteiger partial charge on any atom is 0.343 e. The molecule has 1 aliphatic heterocycles.